The molecule has 1 saturated heterocycles. The lowest BCUT2D eigenvalue weighted by Gasteiger charge is -2.33. The number of fused-ring (bicyclic) bond motifs is 1. The summed E-state index contributed by atoms with van der Waals surface area (Å²) in [6.07, 6.45) is 4.04. The zero-order valence-electron chi connectivity index (χ0n) is 21.4. The van der Waals surface area contributed by atoms with Gasteiger partial charge in [-0.15, -0.1) is 10.2 Å². The Kier molecular flexibility index (Phi) is 7.01. The van der Waals surface area contributed by atoms with Crippen molar-refractivity contribution >= 4 is 6.09 Å². The molecule has 1 aromatic carbocycles. The zero-order valence-corrected chi connectivity index (χ0v) is 21.4. The molecular weight excluding hydrogens is 476 g/mol. The Morgan fingerprint density at radius 1 is 1.11 bits per heavy atom. The standard InChI is InChI=1S/C27H32N4O6/c1-27(2,3)37-26(33)31-8-6-18(7-9-31)15-35-24-16-34-22(11-23(24)32)14-30-12-20-5-4-19(10-21(20)13-30)25-29-28-17-36-25/h4-5,10-11,16-18H,6-9,12-15H2,1-3H3. The maximum absolute atomic E-state index is 12.7. The van der Waals surface area contributed by atoms with E-state index in [1.807, 2.05) is 26.8 Å². The van der Waals surface area contributed by atoms with Gasteiger partial charge < -0.3 is 23.2 Å². The number of piperidine rings is 1. The van der Waals surface area contributed by atoms with Crippen molar-refractivity contribution in [3.63, 3.8) is 0 Å². The van der Waals surface area contributed by atoms with Gasteiger partial charge in [0.15, 0.2) is 0 Å². The molecule has 2 aliphatic rings. The van der Waals surface area contributed by atoms with E-state index < -0.39 is 5.60 Å². The van der Waals surface area contributed by atoms with Crippen LogP contribution < -0.4 is 10.2 Å². The first-order chi connectivity index (χ1) is 17.7. The van der Waals surface area contributed by atoms with Crippen molar-refractivity contribution in [1.82, 2.24) is 20.0 Å². The lowest BCUT2D eigenvalue weighted by molar-refractivity contribution is 0.0164. The van der Waals surface area contributed by atoms with Gasteiger partial charge in [0, 0.05) is 37.8 Å². The van der Waals surface area contributed by atoms with Crippen molar-refractivity contribution in [3.8, 4) is 17.2 Å². The summed E-state index contributed by atoms with van der Waals surface area (Å²) in [6, 6.07) is 7.62. The highest BCUT2D eigenvalue weighted by atomic mass is 16.6. The molecule has 0 saturated carbocycles. The number of aromatic nitrogens is 2. The molecule has 4 heterocycles. The molecule has 0 radical (unpaired) electrons. The van der Waals surface area contributed by atoms with E-state index in [-0.39, 0.29) is 23.2 Å². The minimum Gasteiger partial charge on any atom is -0.486 e. The van der Waals surface area contributed by atoms with Crippen LogP contribution in [0.25, 0.3) is 11.5 Å². The van der Waals surface area contributed by atoms with Gasteiger partial charge in [0.1, 0.15) is 17.6 Å². The van der Waals surface area contributed by atoms with Crippen LogP contribution in [-0.2, 0) is 24.4 Å². The van der Waals surface area contributed by atoms with Gasteiger partial charge >= 0.3 is 6.09 Å². The fourth-order valence-electron chi connectivity index (χ4n) is 4.67. The first kappa shape index (κ1) is 25.0. The Bertz CT molecular complexity index is 1290. The van der Waals surface area contributed by atoms with E-state index in [0.29, 0.717) is 37.9 Å². The molecule has 2 aromatic heterocycles. The van der Waals surface area contributed by atoms with Crippen molar-refractivity contribution in [3.05, 3.63) is 64.0 Å². The topological polar surface area (TPSA) is 111 Å². The Morgan fingerprint density at radius 3 is 2.59 bits per heavy atom. The molecule has 10 heteroatoms. The molecule has 2 aliphatic heterocycles. The summed E-state index contributed by atoms with van der Waals surface area (Å²) in [7, 11) is 0. The predicted molar refractivity (Wildman–Crippen MR) is 134 cm³/mol. The molecule has 1 amide bonds. The van der Waals surface area contributed by atoms with Crippen molar-refractivity contribution in [2.45, 2.75) is 58.8 Å². The third-order valence-electron chi connectivity index (χ3n) is 6.57. The molecule has 0 spiro atoms. The minimum absolute atomic E-state index is 0.192. The molecule has 5 rings (SSSR count). The number of ether oxygens (including phenoxy) is 2. The SMILES string of the molecule is CC(C)(C)OC(=O)N1CCC(COc2coc(CN3Cc4ccc(-c5nnco5)cc4C3)cc2=O)CC1. The highest BCUT2D eigenvalue weighted by molar-refractivity contribution is 5.68. The quantitative estimate of drug-likeness (QED) is 0.483. The van der Waals surface area contributed by atoms with E-state index in [4.69, 9.17) is 18.3 Å². The Morgan fingerprint density at radius 2 is 1.89 bits per heavy atom. The third-order valence-corrected chi connectivity index (χ3v) is 6.57. The maximum Gasteiger partial charge on any atom is 0.410 e. The molecule has 0 atom stereocenters. The van der Waals surface area contributed by atoms with E-state index in [2.05, 4.69) is 27.2 Å². The molecule has 37 heavy (non-hydrogen) atoms. The second-order valence-electron chi connectivity index (χ2n) is 10.7. The molecule has 0 aliphatic carbocycles. The molecule has 0 unspecified atom stereocenters. The Balaban J connectivity index is 1.10. The lowest BCUT2D eigenvalue weighted by Crippen LogP contribution is -2.42. The summed E-state index contributed by atoms with van der Waals surface area (Å²) in [5.41, 5.74) is 2.61. The summed E-state index contributed by atoms with van der Waals surface area (Å²) in [5.74, 6) is 1.56. The number of carbonyl (C=O) groups is 1. The average molecular weight is 509 g/mol. The smallest absolute Gasteiger partial charge is 0.410 e. The zero-order chi connectivity index (χ0) is 26.0. The maximum atomic E-state index is 12.7. The molecular formula is C27H32N4O6. The second kappa shape index (κ2) is 10.4. The number of benzene rings is 1. The summed E-state index contributed by atoms with van der Waals surface area (Å²) < 4.78 is 22.3. The van der Waals surface area contributed by atoms with Gasteiger partial charge in [-0.3, -0.25) is 9.69 Å². The van der Waals surface area contributed by atoms with E-state index >= 15 is 0 Å². The third kappa shape index (κ3) is 6.19. The molecule has 1 fully saturated rings. The van der Waals surface area contributed by atoms with Crippen molar-refractivity contribution < 1.29 is 23.1 Å². The van der Waals surface area contributed by atoms with Gasteiger partial charge in [0.05, 0.1) is 13.2 Å². The van der Waals surface area contributed by atoms with Crippen LogP contribution in [0, 0.1) is 5.92 Å². The molecule has 3 aromatic rings. The van der Waals surface area contributed by atoms with Crippen LogP contribution in [0.15, 0.2) is 50.6 Å². The van der Waals surface area contributed by atoms with Crippen molar-refractivity contribution in [1.29, 1.82) is 0 Å². The summed E-state index contributed by atoms with van der Waals surface area (Å²) in [6.45, 7) is 9.25. The average Bonchev–Trinajstić information content (AvgIpc) is 3.52. The highest BCUT2D eigenvalue weighted by Crippen LogP contribution is 2.29. The van der Waals surface area contributed by atoms with Crippen LogP contribution in [0.3, 0.4) is 0 Å². The molecule has 196 valence electrons. The van der Waals surface area contributed by atoms with Crippen LogP contribution in [-0.4, -0.2) is 51.4 Å². The molecule has 10 nitrogen and oxygen atoms in total. The van der Waals surface area contributed by atoms with Gasteiger partial charge in [-0.25, -0.2) is 4.79 Å². The van der Waals surface area contributed by atoms with Gasteiger partial charge in [0.25, 0.3) is 0 Å². The van der Waals surface area contributed by atoms with E-state index in [1.165, 1.54) is 29.9 Å². The summed E-state index contributed by atoms with van der Waals surface area (Å²) >= 11 is 0. The first-order valence-electron chi connectivity index (χ1n) is 12.6. The van der Waals surface area contributed by atoms with E-state index in [1.54, 1.807) is 4.90 Å². The van der Waals surface area contributed by atoms with Crippen LogP contribution in [0.1, 0.15) is 50.5 Å². The van der Waals surface area contributed by atoms with Crippen LogP contribution >= 0.6 is 0 Å². The second-order valence-corrected chi connectivity index (χ2v) is 10.7. The normalized spacial score (nSPS) is 16.6. The van der Waals surface area contributed by atoms with Crippen LogP contribution in [0.5, 0.6) is 5.75 Å². The van der Waals surface area contributed by atoms with Crippen LogP contribution in [0.4, 0.5) is 4.79 Å². The molecule has 0 bridgehead atoms. The summed E-state index contributed by atoms with van der Waals surface area (Å²) in [4.78, 5) is 28.8. The highest BCUT2D eigenvalue weighted by Gasteiger charge is 2.27. The number of rotatable bonds is 6. The fourth-order valence-corrected chi connectivity index (χ4v) is 4.67. The first-order valence-corrected chi connectivity index (χ1v) is 12.6. The van der Waals surface area contributed by atoms with Gasteiger partial charge in [0.2, 0.25) is 23.5 Å². The van der Waals surface area contributed by atoms with E-state index in [0.717, 1.165) is 31.5 Å². The number of likely N-dealkylation sites (tertiary alicyclic amines) is 1. The minimum atomic E-state index is -0.504. The number of nitrogens with zero attached hydrogens (tertiary/aromatic N) is 4. The molecule has 0 N–H and O–H groups in total. The number of amides is 1. The monoisotopic (exact) mass is 508 g/mol. The van der Waals surface area contributed by atoms with Gasteiger partial charge in [-0.2, -0.15) is 0 Å². The van der Waals surface area contributed by atoms with Crippen LogP contribution in [0.2, 0.25) is 0 Å². The van der Waals surface area contributed by atoms with Gasteiger partial charge in [-0.05, 0) is 62.8 Å². The Labute approximate surface area is 215 Å². The summed E-state index contributed by atoms with van der Waals surface area (Å²) in [5, 5.41) is 7.71. The van der Waals surface area contributed by atoms with Gasteiger partial charge in [-0.1, -0.05) is 6.07 Å². The number of hydrogen-bond donors (Lipinski definition) is 0. The van der Waals surface area contributed by atoms with Crippen molar-refractivity contribution in [2.75, 3.05) is 19.7 Å². The van der Waals surface area contributed by atoms with Crippen molar-refractivity contribution in [2.24, 2.45) is 5.92 Å². The predicted octanol–water partition coefficient (Wildman–Crippen LogP) is 4.23. The Hall–Kier alpha value is -3.66. The van der Waals surface area contributed by atoms with E-state index in [9.17, 15) is 9.59 Å². The lowest BCUT2D eigenvalue weighted by atomic mass is 9.98. The number of carbonyl (C=O) groups excluding carboxylic acids is 1. The largest absolute Gasteiger partial charge is 0.486 e. The fraction of sp³-hybridized carbons (Fsp3) is 0.481. The number of hydrogen-bond acceptors (Lipinski definition) is 9.